The molecular weight excluding hydrogens is 372 g/mol. The molecule has 3 fully saturated rings. The van der Waals surface area contributed by atoms with Gasteiger partial charge < -0.3 is 10.2 Å². The Bertz CT molecular complexity index is 697. The lowest BCUT2D eigenvalue weighted by molar-refractivity contribution is -0.144. The molecule has 0 bridgehead atoms. The Kier molecular flexibility index (Phi) is 5.92. The molecule has 2 aliphatic heterocycles. The van der Waals surface area contributed by atoms with Gasteiger partial charge in [0.05, 0.1) is 5.54 Å². The number of nitrogens with one attached hydrogen (secondary N) is 1. The van der Waals surface area contributed by atoms with Crippen LogP contribution in [0.2, 0.25) is 0 Å². The van der Waals surface area contributed by atoms with Crippen LogP contribution in [0.15, 0.2) is 0 Å². The van der Waals surface area contributed by atoms with Gasteiger partial charge in [-0.15, -0.1) is 0 Å². The Labute approximate surface area is 172 Å². The molecule has 3 rings (SSSR count). The molecule has 0 spiro atoms. The van der Waals surface area contributed by atoms with E-state index in [1.165, 1.54) is 9.80 Å². The van der Waals surface area contributed by atoms with Crippen LogP contribution in [0.3, 0.4) is 0 Å². The molecule has 0 aromatic rings. The molecule has 1 saturated carbocycles. The van der Waals surface area contributed by atoms with E-state index in [9.17, 15) is 19.2 Å². The number of nitrogens with zero attached hydrogens (tertiary/aromatic N) is 3. The number of rotatable bonds is 6. The number of carbonyl (C=O) groups excluding carboxylic acids is 4. The van der Waals surface area contributed by atoms with Gasteiger partial charge in [-0.1, -0.05) is 20.3 Å². The van der Waals surface area contributed by atoms with Gasteiger partial charge in [-0.2, -0.15) is 0 Å². The third-order valence-corrected chi connectivity index (χ3v) is 6.46. The predicted molar refractivity (Wildman–Crippen MR) is 108 cm³/mol. The van der Waals surface area contributed by atoms with E-state index in [0.717, 1.165) is 25.7 Å². The molecule has 6 amide bonds. The largest absolute Gasteiger partial charge is 0.333 e. The second kappa shape index (κ2) is 7.95. The average molecular weight is 407 g/mol. The molecule has 0 radical (unpaired) electrons. The highest BCUT2D eigenvalue weighted by atomic mass is 16.2. The van der Waals surface area contributed by atoms with Crippen molar-refractivity contribution in [2.45, 2.75) is 84.2 Å². The molecule has 8 heteroatoms. The lowest BCUT2D eigenvalue weighted by Gasteiger charge is -2.44. The Balaban J connectivity index is 1.62. The first-order chi connectivity index (χ1) is 13.6. The number of urea groups is 2. The van der Waals surface area contributed by atoms with Crippen molar-refractivity contribution in [2.24, 2.45) is 5.41 Å². The van der Waals surface area contributed by atoms with Crippen LogP contribution < -0.4 is 5.32 Å². The third-order valence-electron chi connectivity index (χ3n) is 6.46. The van der Waals surface area contributed by atoms with Crippen molar-refractivity contribution >= 4 is 23.9 Å². The fourth-order valence-electron chi connectivity index (χ4n) is 4.81. The summed E-state index contributed by atoms with van der Waals surface area (Å²) in [6.07, 6.45) is 4.51. The van der Waals surface area contributed by atoms with E-state index in [4.69, 9.17) is 0 Å². The summed E-state index contributed by atoms with van der Waals surface area (Å²) in [5.41, 5.74) is -0.250. The van der Waals surface area contributed by atoms with Crippen LogP contribution in [0.1, 0.15) is 72.6 Å². The molecule has 1 N–H and O–H groups in total. The minimum Gasteiger partial charge on any atom is -0.331 e. The Morgan fingerprint density at radius 2 is 1.69 bits per heavy atom. The van der Waals surface area contributed by atoms with Crippen LogP contribution in [-0.4, -0.2) is 69.8 Å². The molecule has 2 saturated heterocycles. The molecule has 0 aromatic heterocycles. The molecule has 1 aliphatic carbocycles. The number of hydrogen-bond donors (Lipinski definition) is 1. The SMILES string of the molecule is CCCCN1C(=O)CC(=O)N(C2CCC(C)(CN3CC(C)(C)NC3=O)CC2)C1=O. The van der Waals surface area contributed by atoms with Crippen molar-refractivity contribution in [1.82, 2.24) is 20.0 Å². The highest BCUT2D eigenvalue weighted by molar-refractivity contribution is 6.14. The van der Waals surface area contributed by atoms with E-state index in [0.29, 0.717) is 32.5 Å². The van der Waals surface area contributed by atoms with E-state index in [1.807, 2.05) is 25.7 Å². The summed E-state index contributed by atoms with van der Waals surface area (Å²) < 4.78 is 0. The summed E-state index contributed by atoms with van der Waals surface area (Å²) >= 11 is 0. The summed E-state index contributed by atoms with van der Waals surface area (Å²) in [6, 6.07) is -0.636. The normalized spacial score (nSPS) is 30.2. The van der Waals surface area contributed by atoms with E-state index < -0.39 is 6.03 Å². The molecule has 8 nitrogen and oxygen atoms in total. The number of barbiturate groups is 1. The Morgan fingerprint density at radius 3 is 2.24 bits per heavy atom. The van der Waals surface area contributed by atoms with Crippen molar-refractivity contribution in [3.63, 3.8) is 0 Å². The maximum Gasteiger partial charge on any atom is 0.333 e. The van der Waals surface area contributed by atoms with Crippen LogP contribution in [0.4, 0.5) is 9.59 Å². The summed E-state index contributed by atoms with van der Waals surface area (Å²) in [5.74, 6) is -0.755. The first kappa shape index (κ1) is 21.6. The van der Waals surface area contributed by atoms with Gasteiger partial charge in [0.15, 0.2) is 0 Å². The van der Waals surface area contributed by atoms with Gasteiger partial charge in [0.25, 0.3) is 0 Å². The smallest absolute Gasteiger partial charge is 0.331 e. The van der Waals surface area contributed by atoms with E-state index >= 15 is 0 Å². The van der Waals surface area contributed by atoms with Gasteiger partial charge in [0.2, 0.25) is 11.8 Å². The highest BCUT2D eigenvalue weighted by Gasteiger charge is 2.45. The molecule has 0 aromatic carbocycles. The van der Waals surface area contributed by atoms with Crippen molar-refractivity contribution in [3.05, 3.63) is 0 Å². The van der Waals surface area contributed by atoms with Crippen molar-refractivity contribution in [2.75, 3.05) is 19.6 Å². The van der Waals surface area contributed by atoms with Crippen molar-refractivity contribution < 1.29 is 19.2 Å². The number of hydrogen-bond acceptors (Lipinski definition) is 4. The van der Waals surface area contributed by atoms with Crippen LogP contribution >= 0.6 is 0 Å². The van der Waals surface area contributed by atoms with E-state index in [2.05, 4.69) is 12.2 Å². The van der Waals surface area contributed by atoms with Crippen molar-refractivity contribution in [1.29, 1.82) is 0 Å². The average Bonchev–Trinajstić information content (AvgIpc) is 2.87. The second-order valence-corrected chi connectivity index (χ2v) is 9.83. The summed E-state index contributed by atoms with van der Waals surface area (Å²) in [6.45, 7) is 9.96. The zero-order valence-corrected chi connectivity index (χ0v) is 18.1. The Morgan fingerprint density at radius 1 is 1.03 bits per heavy atom. The lowest BCUT2D eigenvalue weighted by Crippen LogP contribution is -2.59. The molecule has 29 heavy (non-hydrogen) atoms. The lowest BCUT2D eigenvalue weighted by atomic mass is 9.73. The summed E-state index contributed by atoms with van der Waals surface area (Å²) in [4.78, 5) is 54.2. The van der Waals surface area contributed by atoms with Gasteiger partial charge in [0.1, 0.15) is 6.42 Å². The topological polar surface area (TPSA) is 90.0 Å². The zero-order chi connectivity index (χ0) is 21.4. The summed E-state index contributed by atoms with van der Waals surface area (Å²) in [7, 11) is 0. The third kappa shape index (κ3) is 4.56. The maximum absolute atomic E-state index is 12.9. The van der Waals surface area contributed by atoms with Crippen LogP contribution in [0, 0.1) is 5.41 Å². The molecule has 2 heterocycles. The van der Waals surface area contributed by atoms with E-state index in [-0.39, 0.29) is 41.3 Å². The number of carbonyl (C=O) groups is 4. The quantitative estimate of drug-likeness (QED) is 0.687. The van der Waals surface area contributed by atoms with Crippen LogP contribution in [0.5, 0.6) is 0 Å². The van der Waals surface area contributed by atoms with Crippen LogP contribution in [-0.2, 0) is 9.59 Å². The standard InChI is InChI=1S/C21H34N4O4/c1-5-6-11-24-16(26)12-17(27)25(19(24)29)15-7-9-21(4,10-8-15)14-23-13-20(2,3)22-18(23)28/h15H,5-14H2,1-4H3,(H,22,28). The number of amides is 6. The predicted octanol–water partition coefficient (Wildman–Crippen LogP) is 2.72. The minimum absolute atomic E-state index is 0.0233. The fraction of sp³-hybridized carbons (Fsp3) is 0.810. The van der Waals surface area contributed by atoms with Gasteiger partial charge in [-0.3, -0.25) is 19.4 Å². The molecule has 0 unspecified atom stereocenters. The van der Waals surface area contributed by atoms with Crippen LogP contribution in [0.25, 0.3) is 0 Å². The zero-order valence-electron chi connectivity index (χ0n) is 18.1. The minimum atomic E-state index is -0.450. The first-order valence-corrected chi connectivity index (χ1v) is 10.8. The molecular formula is C21H34N4O4. The van der Waals surface area contributed by atoms with Crippen molar-refractivity contribution in [3.8, 4) is 0 Å². The number of imide groups is 2. The van der Waals surface area contributed by atoms with Gasteiger partial charge in [-0.05, 0) is 51.4 Å². The van der Waals surface area contributed by atoms with Gasteiger partial charge in [0, 0.05) is 25.7 Å². The Hall–Kier alpha value is -2.12. The summed E-state index contributed by atoms with van der Waals surface area (Å²) in [5, 5.41) is 3.00. The highest BCUT2D eigenvalue weighted by Crippen LogP contribution is 2.40. The van der Waals surface area contributed by atoms with Gasteiger partial charge >= 0.3 is 12.1 Å². The monoisotopic (exact) mass is 406 g/mol. The van der Waals surface area contributed by atoms with Gasteiger partial charge in [-0.25, -0.2) is 9.59 Å². The molecule has 0 atom stereocenters. The first-order valence-electron chi connectivity index (χ1n) is 10.8. The molecule has 3 aliphatic rings. The number of unbranched alkanes of at least 4 members (excludes halogenated alkanes) is 1. The molecule has 162 valence electrons. The van der Waals surface area contributed by atoms with E-state index in [1.54, 1.807) is 0 Å². The fourth-order valence-corrected chi connectivity index (χ4v) is 4.81. The second-order valence-electron chi connectivity index (χ2n) is 9.83. The maximum atomic E-state index is 12.9.